The van der Waals surface area contributed by atoms with Crippen molar-refractivity contribution in [3.05, 3.63) is 18.0 Å². The van der Waals surface area contributed by atoms with Gasteiger partial charge in [0.25, 0.3) is 0 Å². The zero-order chi connectivity index (χ0) is 17.3. The lowest BCUT2D eigenvalue weighted by Gasteiger charge is -2.37. The number of fused-ring (bicyclic) bond motifs is 1. The maximum atomic E-state index is 12.2. The van der Waals surface area contributed by atoms with Crippen molar-refractivity contribution in [1.29, 1.82) is 0 Å². The first kappa shape index (κ1) is 16.8. The van der Waals surface area contributed by atoms with Gasteiger partial charge >= 0.3 is 6.03 Å². The lowest BCUT2D eigenvalue weighted by molar-refractivity contribution is 0.120. The van der Waals surface area contributed by atoms with E-state index < -0.39 is 0 Å². The highest BCUT2D eigenvalue weighted by molar-refractivity contribution is 5.78. The maximum Gasteiger partial charge on any atom is 0.318 e. The van der Waals surface area contributed by atoms with Crippen LogP contribution in [0.3, 0.4) is 0 Å². The number of hydrogen-bond acceptors (Lipinski definition) is 5. The fraction of sp³-hybridized carbons (Fsp3) is 0.647. The molecule has 1 aromatic rings. The number of pyridine rings is 1. The second kappa shape index (κ2) is 6.84. The zero-order valence-corrected chi connectivity index (χ0v) is 14.8. The van der Waals surface area contributed by atoms with Crippen LogP contribution in [0.5, 0.6) is 11.5 Å². The molecule has 1 N–H and O–H groups in total. The number of hydrogen-bond donors (Lipinski definition) is 1. The molecule has 7 nitrogen and oxygen atoms in total. The van der Waals surface area contributed by atoms with E-state index in [0.29, 0.717) is 18.0 Å². The van der Waals surface area contributed by atoms with E-state index in [1.165, 1.54) is 0 Å². The van der Waals surface area contributed by atoms with E-state index >= 15 is 0 Å². The highest BCUT2D eigenvalue weighted by Gasteiger charge is 2.43. The van der Waals surface area contributed by atoms with E-state index in [2.05, 4.69) is 29.0 Å². The molecule has 24 heavy (non-hydrogen) atoms. The molecule has 0 aromatic carbocycles. The van der Waals surface area contributed by atoms with Gasteiger partial charge in [-0.1, -0.05) is 0 Å². The second-order valence-electron chi connectivity index (χ2n) is 6.64. The van der Waals surface area contributed by atoms with Gasteiger partial charge < -0.3 is 19.7 Å². The summed E-state index contributed by atoms with van der Waals surface area (Å²) < 4.78 is 10.8. The third-order valence-electron chi connectivity index (χ3n) is 4.86. The fourth-order valence-corrected chi connectivity index (χ4v) is 3.80. The van der Waals surface area contributed by atoms with E-state index in [4.69, 9.17) is 9.47 Å². The number of amides is 2. The van der Waals surface area contributed by atoms with Crippen molar-refractivity contribution < 1.29 is 14.3 Å². The summed E-state index contributed by atoms with van der Waals surface area (Å²) in [4.78, 5) is 20.9. The topological polar surface area (TPSA) is 66.9 Å². The van der Waals surface area contributed by atoms with Crippen molar-refractivity contribution >= 4 is 6.03 Å². The summed E-state index contributed by atoms with van der Waals surface area (Å²) in [6.45, 7) is 6.57. The molecule has 0 aliphatic carbocycles. The Morgan fingerprint density at radius 3 is 2.83 bits per heavy atom. The van der Waals surface area contributed by atoms with Crippen LogP contribution in [0.4, 0.5) is 4.79 Å². The standard InChI is InChI=1S/C17H26N4O3/c1-11(2)21-14-6-8-20(9-12(14)19-17(21)22)10-13-16(24-4)15(23-3)5-7-18-13/h5,7,11-12,14H,6,8-10H2,1-4H3,(H,19,22)/t12-,14+/m1/s1. The van der Waals surface area contributed by atoms with Crippen molar-refractivity contribution in [2.24, 2.45) is 0 Å². The minimum absolute atomic E-state index is 0.0546. The Labute approximate surface area is 142 Å². The van der Waals surface area contributed by atoms with Crippen LogP contribution in [0.25, 0.3) is 0 Å². The number of likely N-dealkylation sites (tertiary alicyclic amines) is 1. The molecule has 2 atom stereocenters. The maximum absolute atomic E-state index is 12.2. The third kappa shape index (κ3) is 3.00. The number of carbonyl (C=O) groups is 1. The highest BCUT2D eigenvalue weighted by Crippen LogP contribution is 2.31. The van der Waals surface area contributed by atoms with Gasteiger partial charge in [-0.3, -0.25) is 9.88 Å². The molecule has 2 aliphatic rings. The van der Waals surface area contributed by atoms with Crippen molar-refractivity contribution in [3.63, 3.8) is 0 Å². The molecule has 0 saturated carbocycles. The number of aromatic nitrogens is 1. The minimum atomic E-state index is 0.0546. The lowest BCUT2D eigenvalue weighted by Crippen LogP contribution is -2.51. The van der Waals surface area contributed by atoms with Gasteiger partial charge in [0.05, 0.1) is 26.3 Å². The van der Waals surface area contributed by atoms with Gasteiger partial charge in [-0.05, 0) is 20.3 Å². The van der Waals surface area contributed by atoms with Crippen LogP contribution in [0.1, 0.15) is 26.0 Å². The van der Waals surface area contributed by atoms with Crippen LogP contribution in [-0.2, 0) is 6.54 Å². The van der Waals surface area contributed by atoms with Gasteiger partial charge in [0, 0.05) is 37.9 Å². The molecule has 2 aliphatic heterocycles. The van der Waals surface area contributed by atoms with Gasteiger partial charge in [-0.15, -0.1) is 0 Å². The first-order valence-electron chi connectivity index (χ1n) is 8.42. The molecular weight excluding hydrogens is 308 g/mol. The average molecular weight is 334 g/mol. The predicted octanol–water partition coefficient (Wildman–Crippen LogP) is 1.48. The van der Waals surface area contributed by atoms with E-state index in [-0.39, 0.29) is 24.2 Å². The Balaban J connectivity index is 1.71. The Kier molecular flexibility index (Phi) is 4.80. The summed E-state index contributed by atoms with van der Waals surface area (Å²) in [6, 6.07) is 2.54. The molecule has 3 rings (SSSR count). The SMILES string of the molecule is COc1ccnc(CN2CC[C@H]3[C@@H](C2)NC(=O)N3C(C)C)c1OC. The van der Waals surface area contributed by atoms with Crippen LogP contribution >= 0.6 is 0 Å². The summed E-state index contributed by atoms with van der Waals surface area (Å²) in [6.07, 6.45) is 2.70. The van der Waals surface area contributed by atoms with Crippen molar-refractivity contribution in [2.45, 2.75) is 44.9 Å². The average Bonchev–Trinajstić information content (AvgIpc) is 2.89. The summed E-state index contributed by atoms with van der Waals surface area (Å²) in [5.74, 6) is 1.37. The molecular formula is C17H26N4O3. The van der Waals surface area contributed by atoms with Gasteiger partial charge in [0.15, 0.2) is 11.5 Å². The first-order valence-corrected chi connectivity index (χ1v) is 8.42. The third-order valence-corrected chi connectivity index (χ3v) is 4.86. The quantitative estimate of drug-likeness (QED) is 0.883. The molecule has 132 valence electrons. The van der Waals surface area contributed by atoms with Crippen LogP contribution < -0.4 is 14.8 Å². The highest BCUT2D eigenvalue weighted by atomic mass is 16.5. The number of methoxy groups -OCH3 is 2. The summed E-state index contributed by atoms with van der Waals surface area (Å²) >= 11 is 0. The number of piperidine rings is 1. The molecule has 7 heteroatoms. The fourth-order valence-electron chi connectivity index (χ4n) is 3.80. The molecule has 0 unspecified atom stereocenters. The number of rotatable bonds is 5. The van der Waals surface area contributed by atoms with Crippen LogP contribution in [0, 0.1) is 0 Å². The monoisotopic (exact) mass is 334 g/mol. The van der Waals surface area contributed by atoms with Gasteiger partial charge in [-0.25, -0.2) is 4.79 Å². The van der Waals surface area contributed by atoms with Crippen LogP contribution in [-0.4, -0.2) is 66.2 Å². The van der Waals surface area contributed by atoms with Crippen molar-refractivity contribution in [3.8, 4) is 11.5 Å². The molecule has 2 saturated heterocycles. The Hall–Kier alpha value is -2.02. The molecule has 1 aromatic heterocycles. The van der Waals surface area contributed by atoms with Crippen molar-refractivity contribution in [1.82, 2.24) is 20.1 Å². The number of ether oxygens (including phenoxy) is 2. The Bertz CT molecular complexity index is 607. The van der Waals surface area contributed by atoms with Crippen LogP contribution in [0.2, 0.25) is 0 Å². The Morgan fingerprint density at radius 2 is 2.17 bits per heavy atom. The molecule has 0 bridgehead atoms. The molecule has 2 fully saturated rings. The largest absolute Gasteiger partial charge is 0.493 e. The number of nitrogens with zero attached hydrogens (tertiary/aromatic N) is 3. The molecule has 0 spiro atoms. The molecule has 3 heterocycles. The minimum Gasteiger partial charge on any atom is -0.493 e. The van der Waals surface area contributed by atoms with Gasteiger partial charge in [0.1, 0.15) is 5.69 Å². The predicted molar refractivity (Wildman–Crippen MR) is 90.3 cm³/mol. The Morgan fingerprint density at radius 1 is 1.38 bits per heavy atom. The summed E-state index contributed by atoms with van der Waals surface area (Å²) in [7, 11) is 3.26. The number of nitrogens with one attached hydrogen (secondary N) is 1. The summed E-state index contributed by atoms with van der Waals surface area (Å²) in [5, 5.41) is 3.12. The van der Waals surface area contributed by atoms with E-state index in [9.17, 15) is 4.79 Å². The van der Waals surface area contributed by atoms with E-state index in [1.54, 1.807) is 26.5 Å². The van der Waals surface area contributed by atoms with Crippen molar-refractivity contribution in [2.75, 3.05) is 27.3 Å². The molecule has 2 amide bonds. The first-order chi connectivity index (χ1) is 11.5. The van der Waals surface area contributed by atoms with Gasteiger partial charge in [0.2, 0.25) is 0 Å². The number of urea groups is 1. The lowest BCUT2D eigenvalue weighted by atomic mass is 9.99. The van der Waals surface area contributed by atoms with E-state index in [1.807, 2.05) is 4.90 Å². The molecule has 0 radical (unpaired) electrons. The smallest absolute Gasteiger partial charge is 0.318 e. The zero-order valence-electron chi connectivity index (χ0n) is 14.8. The number of carbonyl (C=O) groups excluding carboxylic acids is 1. The normalized spacial score (nSPS) is 24.0. The second-order valence-corrected chi connectivity index (χ2v) is 6.64. The van der Waals surface area contributed by atoms with Gasteiger partial charge in [-0.2, -0.15) is 0 Å². The van der Waals surface area contributed by atoms with Crippen LogP contribution in [0.15, 0.2) is 12.3 Å². The summed E-state index contributed by atoms with van der Waals surface area (Å²) in [5.41, 5.74) is 0.861. The van der Waals surface area contributed by atoms with E-state index in [0.717, 1.165) is 25.2 Å².